The van der Waals surface area contributed by atoms with Gasteiger partial charge in [-0.15, -0.1) is 0 Å². The van der Waals surface area contributed by atoms with E-state index in [2.05, 4.69) is 49.7 Å². The normalized spacial score (nSPS) is 13.4. The number of nitriles is 1. The molecule has 15 nitrogen and oxygen atoms in total. The van der Waals surface area contributed by atoms with E-state index < -0.39 is 6.04 Å². The van der Waals surface area contributed by atoms with Gasteiger partial charge < -0.3 is 34.7 Å². The number of hydrogen-bond acceptors (Lipinski definition) is 12. The molecule has 7 rings (SSSR count). The first-order chi connectivity index (χ1) is 29.8. The maximum Gasteiger partial charge on any atom is 0.274 e. The smallest absolute Gasteiger partial charge is 0.274 e. The van der Waals surface area contributed by atoms with Gasteiger partial charge in [-0.2, -0.15) is 14.9 Å². The molecular formula is C45H53ClN10O5. The number of unbranched alkanes of at least 4 members (excludes halogenated alkanes) is 2. The molecule has 0 aliphatic carbocycles. The largest absolute Gasteiger partial charge is 0.475 e. The number of fused-ring (bicyclic) bond motifs is 2. The molecule has 1 saturated heterocycles. The number of aryl methyl sites for hydroxylation is 1. The molecule has 1 aliphatic rings. The van der Waals surface area contributed by atoms with E-state index in [1.165, 1.54) is 23.8 Å². The van der Waals surface area contributed by atoms with Crippen molar-refractivity contribution in [1.29, 1.82) is 5.26 Å². The summed E-state index contributed by atoms with van der Waals surface area (Å²) >= 11 is 6.15. The second-order valence-corrected chi connectivity index (χ2v) is 15.6. The van der Waals surface area contributed by atoms with Crippen LogP contribution >= 0.6 is 11.6 Å². The van der Waals surface area contributed by atoms with Crippen molar-refractivity contribution in [3.63, 3.8) is 0 Å². The maximum atomic E-state index is 13.4. The molecule has 1 atom stereocenters. The van der Waals surface area contributed by atoms with E-state index in [1.54, 1.807) is 36.4 Å². The molecule has 3 N–H and O–H groups in total. The topological polar surface area (TPSA) is 177 Å². The summed E-state index contributed by atoms with van der Waals surface area (Å²) in [4.78, 5) is 40.9. The number of ether oxygens (including phenoxy) is 3. The van der Waals surface area contributed by atoms with Crippen molar-refractivity contribution >= 4 is 45.5 Å². The molecule has 0 radical (unpaired) electrons. The number of rotatable bonds is 21. The monoisotopic (exact) mass is 848 g/mol. The molecule has 6 aromatic rings. The molecule has 320 valence electrons. The third kappa shape index (κ3) is 11.1. The Hall–Kier alpha value is -5.95. The number of aromatic nitrogens is 6. The second kappa shape index (κ2) is 21.0. The fourth-order valence-corrected chi connectivity index (χ4v) is 7.64. The Balaban J connectivity index is 0.772. The number of piperidine rings is 1. The van der Waals surface area contributed by atoms with Gasteiger partial charge in [0.15, 0.2) is 5.65 Å². The minimum absolute atomic E-state index is 0.253. The number of anilines is 3. The van der Waals surface area contributed by atoms with Crippen LogP contribution in [0.1, 0.15) is 80.8 Å². The third-order valence-corrected chi connectivity index (χ3v) is 11.1. The highest BCUT2D eigenvalue weighted by atomic mass is 35.5. The first-order valence-electron chi connectivity index (χ1n) is 21.1. The van der Waals surface area contributed by atoms with E-state index in [4.69, 9.17) is 30.8 Å². The van der Waals surface area contributed by atoms with Crippen molar-refractivity contribution in [3.05, 3.63) is 115 Å². The predicted octanol–water partition coefficient (Wildman–Crippen LogP) is 7.27. The molecule has 16 heteroatoms. The summed E-state index contributed by atoms with van der Waals surface area (Å²) in [7, 11) is 0. The average molecular weight is 849 g/mol. The Bertz CT molecular complexity index is 2560. The molecule has 0 saturated carbocycles. The lowest BCUT2D eigenvalue weighted by Crippen LogP contribution is -2.30. The van der Waals surface area contributed by atoms with Gasteiger partial charge in [-0.25, -0.2) is 9.97 Å². The van der Waals surface area contributed by atoms with E-state index in [1.807, 2.05) is 36.0 Å². The van der Waals surface area contributed by atoms with E-state index in [0.29, 0.717) is 80.2 Å². The lowest BCUT2D eigenvalue weighted by Gasteiger charge is -2.28. The lowest BCUT2D eigenvalue weighted by atomic mass is 10.1. The Morgan fingerprint density at radius 2 is 1.75 bits per heavy atom. The summed E-state index contributed by atoms with van der Waals surface area (Å²) in [5.74, 6) is 2.43. The van der Waals surface area contributed by atoms with Crippen LogP contribution in [0.4, 0.5) is 17.3 Å². The van der Waals surface area contributed by atoms with Gasteiger partial charge in [0.05, 0.1) is 32.1 Å². The van der Waals surface area contributed by atoms with E-state index >= 15 is 0 Å². The number of pyridine rings is 3. The van der Waals surface area contributed by atoms with Crippen LogP contribution in [0.5, 0.6) is 5.88 Å². The molecular weight excluding hydrogens is 796 g/mol. The molecule has 0 spiro atoms. The van der Waals surface area contributed by atoms with Crippen LogP contribution in [-0.4, -0.2) is 75.3 Å². The minimum Gasteiger partial charge on any atom is -0.475 e. The van der Waals surface area contributed by atoms with Crippen LogP contribution in [-0.2, 0) is 29.0 Å². The van der Waals surface area contributed by atoms with Gasteiger partial charge in [0, 0.05) is 78.2 Å². The number of H-pyrrole nitrogens is 1. The molecule has 1 aromatic carbocycles. The summed E-state index contributed by atoms with van der Waals surface area (Å²) in [6.45, 7) is 9.20. The molecule has 61 heavy (non-hydrogen) atoms. The summed E-state index contributed by atoms with van der Waals surface area (Å²) in [5, 5.41) is 22.4. The van der Waals surface area contributed by atoms with Crippen molar-refractivity contribution in [1.82, 2.24) is 29.1 Å². The Morgan fingerprint density at radius 3 is 2.54 bits per heavy atom. The first kappa shape index (κ1) is 43.1. The summed E-state index contributed by atoms with van der Waals surface area (Å²) in [6, 6.07) is 17.8. The van der Waals surface area contributed by atoms with Gasteiger partial charge in [-0.1, -0.05) is 24.6 Å². The summed E-state index contributed by atoms with van der Waals surface area (Å²) in [5.41, 5.74) is 4.23. The van der Waals surface area contributed by atoms with Crippen LogP contribution in [0.25, 0.3) is 16.6 Å². The van der Waals surface area contributed by atoms with Crippen LogP contribution in [0.15, 0.2) is 76.6 Å². The van der Waals surface area contributed by atoms with Crippen molar-refractivity contribution in [3.8, 4) is 11.9 Å². The van der Waals surface area contributed by atoms with Crippen LogP contribution < -0.4 is 31.4 Å². The van der Waals surface area contributed by atoms with Gasteiger partial charge in [0.2, 0.25) is 5.88 Å². The molecule has 1 fully saturated rings. The van der Waals surface area contributed by atoms with Crippen LogP contribution in [0, 0.1) is 11.3 Å². The quantitative estimate of drug-likeness (QED) is 0.0619. The van der Waals surface area contributed by atoms with E-state index in [0.717, 1.165) is 66.1 Å². The molecule has 5 aromatic heterocycles. The number of benzene rings is 1. The zero-order valence-electron chi connectivity index (χ0n) is 34.8. The summed E-state index contributed by atoms with van der Waals surface area (Å²) < 4.78 is 20.6. The van der Waals surface area contributed by atoms with Gasteiger partial charge in [-0.05, 0) is 93.8 Å². The third-order valence-electron chi connectivity index (χ3n) is 10.8. The van der Waals surface area contributed by atoms with Crippen LogP contribution in [0.2, 0.25) is 5.02 Å². The Morgan fingerprint density at radius 1 is 0.934 bits per heavy atom. The maximum absolute atomic E-state index is 13.4. The zero-order chi connectivity index (χ0) is 42.6. The standard InChI is InChI=1S/C45H53ClN10O5/c1-3-33-30-50-56-40(26-41(53-43(33)56)54-16-6-4-7-17-54)48-28-32-10-15-42(49-29-32)61-23-22-60-21-20-59-19-9-5-8-18-55-36(27-47)12-14-39(45(55)58)51-31(2)37-25-34-24-35(46)11-13-38(34)52-44(37)57/h10-15,24-26,29-31,48,51H,3-9,16-23,28H2,1-2H3,(H,52,57). The molecule has 1 aliphatic heterocycles. The van der Waals surface area contributed by atoms with Gasteiger partial charge in [-0.3, -0.25) is 14.2 Å². The molecule has 0 bridgehead atoms. The van der Waals surface area contributed by atoms with Gasteiger partial charge in [0.1, 0.15) is 35.7 Å². The molecule has 1 unspecified atom stereocenters. The number of nitrogens with zero attached hydrogens (tertiary/aromatic N) is 7. The molecule has 6 heterocycles. The van der Waals surface area contributed by atoms with E-state index in [9.17, 15) is 14.9 Å². The minimum atomic E-state index is -0.472. The zero-order valence-corrected chi connectivity index (χ0v) is 35.5. The van der Waals surface area contributed by atoms with Crippen LogP contribution in [0.3, 0.4) is 0 Å². The van der Waals surface area contributed by atoms with E-state index in [-0.39, 0.29) is 16.8 Å². The van der Waals surface area contributed by atoms with Gasteiger partial charge in [0.25, 0.3) is 11.1 Å². The lowest BCUT2D eigenvalue weighted by molar-refractivity contribution is 0.0347. The molecule has 0 amide bonds. The van der Waals surface area contributed by atoms with Crippen molar-refractivity contribution < 1.29 is 14.2 Å². The summed E-state index contributed by atoms with van der Waals surface area (Å²) in [6.07, 6.45) is 10.5. The highest BCUT2D eigenvalue weighted by Gasteiger charge is 2.18. The Labute approximate surface area is 359 Å². The number of aromatic amines is 1. The van der Waals surface area contributed by atoms with Crippen molar-refractivity contribution in [2.75, 3.05) is 61.7 Å². The highest BCUT2D eigenvalue weighted by Crippen LogP contribution is 2.26. The fourth-order valence-electron chi connectivity index (χ4n) is 7.46. The Kier molecular flexibility index (Phi) is 14.9. The number of nitrogens with one attached hydrogen (secondary N) is 3. The SMILES string of the molecule is CCc1cnn2c(NCc3ccc(OCCOCCOCCCCCn4c(C#N)ccc(NC(C)c5cc6cc(Cl)ccc6[nH]c5=O)c4=O)nc3)cc(N3CCCCC3)nc12. The second-order valence-electron chi connectivity index (χ2n) is 15.2. The van der Waals surface area contributed by atoms with Crippen molar-refractivity contribution in [2.45, 2.75) is 77.9 Å². The van der Waals surface area contributed by atoms with Crippen molar-refractivity contribution in [2.24, 2.45) is 0 Å². The highest BCUT2D eigenvalue weighted by molar-refractivity contribution is 6.31. The fraction of sp³-hybridized carbons (Fsp3) is 0.422. The van der Waals surface area contributed by atoms with Gasteiger partial charge >= 0.3 is 0 Å². The average Bonchev–Trinajstić information content (AvgIpc) is 3.71. The number of halogens is 1. The first-order valence-corrected chi connectivity index (χ1v) is 21.5. The number of hydrogen-bond donors (Lipinski definition) is 3. The predicted molar refractivity (Wildman–Crippen MR) is 238 cm³/mol.